The predicted octanol–water partition coefficient (Wildman–Crippen LogP) is 1.51. The Morgan fingerprint density at radius 2 is 2.12 bits per heavy atom. The number of nitrogens with two attached hydrogens (primary N) is 1. The number of nitrogens with one attached hydrogen (secondary N) is 2. The molecule has 1 aromatic heterocycles. The van der Waals surface area contributed by atoms with Gasteiger partial charge in [-0.1, -0.05) is 13.8 Å². The van der Waals surface area contributed by atoms with Gasteiger partial charge >= 0.3 is 0 Å². The van der Waals surface area contributed by atoms with Gasteiger partial charge in [0, 0.05) is 30.5 Å². The van der Waals surface area contributed by atoms with Gasteiger partial charge in [-0.25, -0.2) is 10.8 Å². The molecule has 1 rings (SSSR count). The van der Waals surface area contributed by atoms with Gasteiger partial charge in [-0.2, -0.15) is 0 Å². The van der Waals surface area contributed by atoms with Gasteiger partial charge < -0.3 is 15.6 Å². The first-order valence-corrected chi connectivity index (χ1v) is 6.11. The van der Waals surface area contributed by atoms with Crippen LogP contribution in [0.15, 0.2) is 18.3 Å². The van der Waals surface area contributed by atoms with Crippen molar-refractivity contribution in [2.45, 2.75) is 26.8 Å². The van der Waals surface area contributed by atoms with Crippen LogP contribution in [0.1, 0.15) is 20.8 Å². The fourth-order valence-electron chi connectivity index (χ4n) is 1.80. The number of aromatic nitrogens is 1. The lowest BCUT2D eigenvalue weighted by atomic mass is 10.2. The summed E-state index contributed by atoms with van der Waals surface area (Å²) in [4.78, 5) is 6.46. The van der Waals surface area contributed by atoms with Gasteiger partial charge in [0.25, 0.3) is 0 Å². The fourth-order valence-corrected chi connectivity index (χ4v) is 1.80. The van der Waals surface area contributed by atoms with Crippen molar-refractivity contribution in [3.63, 3.8) is 0 Å². The Labute approximate surface area is 103 Å². The van der Waals surface area contributed by atoms with E-state index in [-0.39, 0.29) is 0 Å². The number of anilines is 2. The van der Waals surface area contributed by atoms with Crippen LogP contribution in [-0.2, 0) is 0 Å². The zero-order chi connectivity index (χ0) is 12.7. The number of likely N-dealkylation sites (N-methyl/N-ethyl adjacent to an activating group) is 1. The SMILES string of the molecule is CCN(CC)CC(C)Nc1ccnc(NN)c1. The van der Waals surface area contributed by atoms with Crippen molar-refractivity contribution in [3.05, 3.63) is 18.3 Å². The zero-order valence-electron chi connectivity index (χ0n) is 10.9. The highest BCUT2D eigenvalue weighted by Crippen LogP contribution is 2.12. The Balaban J connectivity index is 2.52. The number of hydrogen-bond acceptors (Lipinski definition) is 5. The Morgan fingerprint density at radius 1 is 1.41 bits per heavy atom. The Morgan fingerprint density at radius 3 is 2.71 bits per heavy atom. The molecule has 5 heteroatoms. The highest BCUT2D eigenvalue weighted by atomic mass is 15.2. The monoisotopic (exact) mass is 237 g/mol. The molecule has 0 bridgehead atoms. The first-order valence-electron chi connectivity index (χ1n) is 6.11. The number of hydrogen-bond donors (Lipinski definition) is 3. The van der Waals surface area contributed by atoms with Crippen LogP contribution >= 0.6 is 0 Å². The van der Waals surface area contributed by atoms with E-state index in [0.29, 0.717) is 11.9 Å². The van der Waals surface area contributed by atoms with E-state index in [0.717, 1.165) is 25.3 Å². The van der Waals surface area contributed by atoms with Crippen LogP contribution in [0, 0.1) is 0 Å². The normalized spacial score (nSPS) is 12.5. The summed E-state index contributed by atoms with van der Waals surface area (Å²) in [5, 5.41) is 3.44. The van der Waals surface area contributed by atoms with Crippen LogP contribution < -0.4 is 16.6 Å². The van der Waals surface area contributed by atoms with Crippen molar-refractivity contribution < 1.29 is 0 Å². The van der Waals surface area contributed by atoms with Gasteiger partial charge in [0.15, 0.2) is 0 Å². The largest absolute Gasteiger partial charge is 0.381 e. The van der Waals surface area contributed by atoms with Crippen molar-refractivity contribution in [2.75, 3.05) is 30.4 Å². The number of pyridine rings is 1. The van der Waals surface area contributed by atoms with E-state index in [4.69, 9.17) is 5.84 Å². The van der Waals surface area contributed by atoms with Crippen molar-refractivity contribution in [2.24, 2.45) is 5.84 Å². The van der Waals surface area contributed by atoms with E-state index in [1.807, 2.05) is 12.1 Å². The van der Waals surface area contributed by atoms with Crippen LogP contribution in [0.4, 0.5) is 11.5 Å². The molecule has 1 unspecified atom stereocenters. The van der Waals surface area contributed by atoms with E-state index in [1.54, 1.807) is 6.20 Å². The van der Waals surface area contributed by atoms with Crippen molar-refractivity contribution in [1.82, 2.24) is 9.88 Å². The minimum absolute atomic E-state index is 0.392. The molecule has 0 amide bonds. The Kier molecular flexibility index (Phi) is 5.72. The maximum Gasteiger partial charge on any atom is 0.141 e. The van der Waals surface area contributed by atoms with Gasteiger partial charge in [0.2, 0.25) is 0 Å². The molecular formula is C12H23N5. The second-order valence-electron chi connectivity index (χ2n) is 4.11. The molecule has 0 saturated heterocycles. The molecular weight excluding hydrogens is 214 g/mol. The van der Waals surface area contributed by atoms with E-state index in [2.05, 4.69) is 41.4 Å². The van der Waals surface area contributed by atoms with Crippen molar-refractivity contribution >= 4 is 11.5 Å². The third-order valence-electron chi connectivity index (χ3n) is 2.75. The van der Waals surface area contributed by atoms with Crippen molar-refractivity contribution in [1.29, 1.82) is 0 Å². The molecule has 5 nitrogen and oxygen atoms in total. The van der Waals surface area contributed by atoms with E-state index < -0.39 is 0 Å². The lowest BCUT2D eigenvalue weighted by Gasteiger charge is -2.24. The van der Waals surface area contributed by atoms with Crippen LogP contribution in [0.25, 0.3) is 0 Å². The van der Waals surface area contributed by atoms with E-state index >= 15 is 0 Å². The van der Waals surface area contributed by atoms with Gasteiger partial charge in [-0.05, 0) is 26.1 Å². The first-order chi connectivity index (χ1) is 8.19. The van der Waals surface area contributed by atoms with Gasteiger partial charge in [-0.3, -0.25) is 0 Å². The molecule has 0 aromatic carbocycles. The summed E-state index contributed by atoms with van der Waals surface area (Å²) < 4.78 is 0. The fraction of sp³-hybridized carbons (Fsp3) is 0.583. The van der Waals surface area contributed by atoms with Crippen LogP contribution in [0.3, 0.4) is 0 Å². The average molecular weight is 237 g/mol. The lowest BCUT2D eigenvalue weighted by molar-refractivity contribution is 0.295. The molecule has 0 radical (unpaired) electrons. The Bertz CT molecular complexity index is 324. The second kappa shape index (κ2) is 7.09. The predicted molar refractivity (Wildman–Crippen MR) is 72.9 cm³/mol. The highest BCUT2D eigenvalue weighted by molar-refractivity contribution is 5.51. The quantitative estimate of drug-likeness (QED) is 0.495. The van der Waals surface area contributed by atoms with Crippen LogP contribution in [-0.4, -0.2) is 35.6 Å². The summed E-state index contributed by atoms with van der Waals surface area (Å²) in [5.41, 5.74) is 3.58. The van der Waals surface area contributed by atoms with Crippen LogP contribution in [0.2, 0.25) is 0 Å². The highest BCUT2D eigenvalue weighted by Gasteiger charge is 2.07. The maximum atomic E-state index is 5.32. The third-order valence-corrected chi connectivity index (χ3v) is 2.75. The molecule has 1 heterocycles. The number of nitrogens with zero attached hydrogens (tertiary/aromatic N) is 2. The summed E-state index contributed by atoms with van der Waals surface area (Å²) in [6.07, 6.45) is 1.74. The number of hydrazine groups is 1. The zero-order valence-corrected chi connectivity index (χ0v) is 10.9. The molecule has 1 aromatic rings. The summed E-state index contributed by atoms with van der Waals surface area (Å²) in [5.74, 6) is 6.00. The van der Waals surface area contributed by atoms with Gasteiger partial charge in [0.1, 0.15) is 5.82 Å². The molecule has 0 aliphatic heterocycles. The van der Waals surface area contributed by atoms with Crippen molar-refractivity contribution in [3.8, 4) is 0 Å². The van der Waals surface area contributed by atoms with E-state index in [1.165, 1.54) is 0 Å². The molecule has 0 spiro atoms. The summed E-state index contributed by atoms with van der Waals surface area (Å²) >= 11 is 0. The lowest BCUT2D eigenvalue weighted by Crippen LogP contribution is -2.34. The maximum absolute atomic E-state index is 5.32. The Hall–Kier alpha value is -1.33. The molecule has 96 valence electrons. The molecule has 0 aliphatic rings. The molecule has 0 aliphatic carbocycles. The van der Waals surface area contributed by atoms with Gasteiger partial charge in [0.05, 0.1) is 0 Å². The summed E-state index contributed by atoms with van der Waals surface area (Å²) in [6, 6.07) is 4.24. The molecule has 0 saturated carbocycles. The minimum atomic E-state index is 0.392. The molecule has 1 atom stereocenters. The summed E-state index contributed by atoms with van der Waals surface area (Å²) in [6.45, 7) is 9.72. The standard InChI is InChI=1S/C12H23N5/c1-4-17(5-2)9-10(3)15-11-6-7-14-12(8-11)16-13/h6-8,10H,4-5,9,13H2,1-3H3,(H2,14,15,16). The number of nitrogen functional groups attached to an aromatic ring is 1. The first kappa shape index (κ1) is 13.7. The van der Waals surface area contributed by atoms with E-state index in [9.17, 15) is 0 Å². The molecule has 4 N–H and O–H groups in total. The average Bonchev–Trinajstić information content (AvgIpc) is 2.36. The smallest absolute Gasteiger partial charge is 0.141 e. The topological polar surface area (TPSA) is 66.2 Å². The summed E-state index contributed by atoms with van der Waals surface area (Å²) in [7, 11) is 0. The molecule has 0 fully saturated rings. The molecule has 17 heavy (non-hydrogen) atoms. The second-order valence-corrected chi connectivity index (χ2v) is 4.11. The van der Waals surface area contributed by atoms with Crippen LogP contribution in [0.5, 0.6) is 0 Å². The minimum Gasteiger partial charge on any atom is -0.381 e. The van der Waals surface area contributed by atoms with Gasteiger partial charge in [-0.15, -0.1) is 0 Å². The number of rotatable bonds is 7. The third kappa shape index (κ3) is 4.58.